The van der Waals surface area contributed by atoms with Crippen molar-refractivity contribution in [3.63, 3.8) is 0 Å². The number of hydrogen-bond donors (Lipinski definition) is 3. The van der Waals surface area contributed by atoms with Gasteiger partial charge in [-0.1, -0.05) is 19.8 Å². The second-order valence-electron chi connectivity index (χ2n) is 4.32. The fourth-order valence-electron chi connectivity index (χ4n) is 2.04. The molecular weight excluding hydrogens is 226 g/mol. The van der Waals surface area contributed by atoms with Crippen LogP contribution in [0.5, 0.6) is 0 Å². The van der Waals surface area contributed by atoms with Crippen LogP contribution in [0.1, 0.15) is 33.1 Å². The molecule has 0 aromatic rings. The zero-order chi connectivity index (χ0) is 12.3. The van der Waals surface area contributed by atoms with Gasteiger partial charge in [0.15, 0.2) is 0 Å². The van der Waals surface area contributed by atoms with Crippen molar-refractivity contribution in [2.75, 3.05) is 0 Å². The maximum atomic E-state index is 11.5. The van der Waals surface area contributed by atoms with Gasteiger partial charge in [-0.2, -0.15) is 12.6 Å². The number of amides is 1. The molecule has 1 aliphatic rings. The Balaban J connectivity index is 2.64. The van der Waals surface area contributed by atoms with Crippen LogP contribution in [0.15, 0.2) is 0 Å². The Hall–Kier alpha value is -0.550. The van der Waals surface area contributed by atoms with Crippen LogP contribution >= 0.6 is 12.6 Å². The van der Waals surface area contributed by atoms with Crippen molar-refractivity contribution in [1.29, 1.82) is 0 Å². The van der Waals surface area contributed by atoms with E-state index in [9.17, 15) is 14.7 Å². The van der Waals surface area contributed by atoms with Crippen LogP contribution in [0.2, 0.25) is 0 Å². The molecule has 0 radical (unpaired) electrons. The summed E-state index contributed by atoms with van der Waals surface area (Å²) in [5.74, 6) is -1.58. The van der Waals surface area contributed by atoms with Gasteiger partial charge >= 0.3 is 0 Å². The van der Waals surface area contributed by atoms with E-state index in [2.05, 4.69) is 24.9 Å². The number of carbonyl (C=O) groups is 2. The summed E-state index contributed by atoms with van der Waals surface area (Å²) in [7, 11) is 0. The molecule has 4 nitrogen and oxygen atoms in total. The first kappa shape index (κ1) is 13.5. The Labute approximate surface area is 101 Å². The van der Waals surface area contributed by atoms with Crippen molar-refractivity contribution >= 4 is 24.3 Å². The molecule has 92 valence electrons. The lowest BCUT2D eigenvalue weighted by Gasteiger charge is -2.22. The summed E-state index contributed by atoms with van der Waals surface area (Å²) in [5, 5.41) is 12.5. The fourth-order valence-corrected chi connectivity index (χ4v) is 2.48. The third-order valence-corrected chi connectivity index (χ3v) is 3.59. The van der Waals surface area contributed by atoms with E-state index < -0.39 is 18.1 Å². The lowest BCUT2D eigenvalue weighted by atomic mass is 9.94. The number of aliphatic hydroxyl groups is 1. The van der Waals surface area contributed by atoms with Gasteiger partial charge < -0.3 is 10.4 Å². The number of rotatable bonds is 5. The van der Waals surface area contributed by atoms with Gasteiger partial charge in [0.05, 0.1) is 12.1 Å². The summed E-state index contributed by atoms with van der Waals surface area (Å²) in [5.41, 5.74) is 0. The molecule has 4 atom stereocenters. The van der Waals surface area contributed by atoms with Crippen molar-refractivity contribution in [2.45, 2.75) is 50.5 Å². The van der Waals surface area contributed by atoms with Gasteiger partial charge in [-0.25, -0.2) is 0 Å². The minimum absolute atomic E-state index is 0.0942. The van der Waals surface area contributed by atoms with Gasteiger partial charge in [0, 0.05) is 5.25 Å². The number of ketones is 1. The van der Waals surface area contributed by atoms with E-state index in [1.807, 2.05) is 0 Å². The first-order valence-electron chi connectivity index (χ1n) is 5.66. The highest BCUT2D eigenvalue weighted by Crippen LogP contribution is 2.24. The number of unbranched alkanes of at least 4 members (excludes halogenated alkanes) is 1. The topological polar surface area (TPSA) is 66.4 Å². The quantitative estimate of drug-likeness (QED) is 0.489. The Kier molecular flexibility index (Phi) is 4.80. The first-order valence-corrected chi connectivity index (χ1v) is 6.17. The highest BCUT2D eigenvalue weighted by molar-refractivity contribution is 7.81. The number of hydrogen-bond acceptors (Lipinski definition) is 4. The van der Waals surface area contributed by atoms with Crippen molar-refractivity contribution in [1.82, 2.24) is 5.32 Å². The summed E-state index contributed by atoms with van der Waals surface area (Å²) in [4.78, 5) is 22.7. The Morgan fingerprint density at radius 3 is 2.69 bits per heavy atom. The largest absolute Gasteiger partial charge is 0.390 e. The first-order chi connectivity index (χ1) is 7.49. The van der Waals surface area contributed by atoms with Crippen LogP contribution in [-0.2, 0) is 9.59 Å². The van der Waals surface area contributed by atoms with Gasteiger partial charge in [-0.05, 0) is 13.3 Å². The zero-order valence-corrected chi connectivity index (χ0v) is 10.5. The molecule has 4 unspecified atom stereocenters. The van der Waals surface area contributed by atoms with Gasteiger partial charge in [-0.15, -0.1) is 0 Å². The number of thiol groups is 1. The summed E-state index contributed by atoms with van der Waals surface area (Å²) in [6.45, 7) is 3.40. The van der Waals surface area contributed by atoms with Crippen LogP contribution in [0, 0.1) is 5.92 Å². The maximum absolute atomic E-state index is 11.5. The number of carbonyl (C=O) groups excluding carboxylic acids is 2. The second kappa shape index (κ2) is 5.68. The molecule has 2 N–H and O–H groups in total. The molecule has 0 aliphatic carbocycles. The predicted octanol–water partition coefficient (Wildman–Crippen LogP) is 0.540. The Morgan fingerprint density at radius 1 is 1.62 bits per heavy atom. The van der Waals surface area contributed by atoms with E-state index in [0.29, 0.717) is 0 Å². The summed E-state index contributed by atoms with van der Waals surface area (Å²) < 4.78 is 0. The summed E-state index contributed by atoms with van der Waals surface area (Å²) in [6.07, 6.45) is 1.93. The molecular formula is C11H19NO3S. The highest BCUT2D eigenvalue weighted by atomic mass is 32.1. The van der Waals surface area contributed by atoms with Gasteiger partial charge in [0.25, 0.3) is 0 Å². The van der Waals surface area contributed by atoms with E-state index in [-0.39, 0.29) is 16.9 Å². The van der Waals surface area contributed by atoms with E-state index in [4.69, 9.17) is 0 Å². The number of nitrogens with one attached hydrogen (secondary N) is 1. The van der Waals surface area contributed by atoms with Crippen LogP contribution in [0.25, 0.3) is 0 Å². The zero-order valence-electron chi connectivity index (χ0n) is 9.64. The van der Waals surface area contributed by atoms with Crippen molar-refractivity contribution in [3.05, 3.63) is 0 Å². The van der Waals surface area contributed by atoms with E-state index in [0.717, 1.165) is 19.3 Å². The number of aliphatic hydroxyl groups excluding tert-OH is 1. The third-order valence-electron chi connectivity index (χ3n) is 3.01. The van der Waals surface area contributed by atoms with Crippen molar-refractivity contribution < 1.29 is 14.7 Å². The molecule has 1 heterocycles. The lowest BCUT2D eigenvalue weighted by Crippen LogP contribution is -2.40. The van der Waals surface area contributed by atoms with Gasteiger partial charge in [0.1, 0.15) is 11.7 Å². The van der Waals surface area contributed by atoms with E-state index in [1.54, 1.807) is 0 Å². The normalized spacial score (nSPS) is 31.2. The molecule has 16 heavy (non-hydrogen) atoms. The number of Topliss-reactive ketones (excluding diaryl/α,β-unsaturated/α-hetero) is 1. The third kappa shape index (κ3) is 2.77. The molecule has 1 aliphatic heterocycles. The Morgan fingerprint density at radius 2 is 2.25 bits per heavy atom. The van der Waals surface area contributed by atoms with Gasteiger partial charge in [0.2, 0.25) is 5.91 Å². The van der Waals surface area contributed by atoms with Crippen molar-refractivity contribution in [3.8, 4) is 0 Å². The van der Waals surface area contributed by atoms with Crippen molar-refractivity contribution in [2.24, 2.45) is 5.92 Å². The SMILES string of the molecule is CCCCC(S)C1NC(=O)C(C(C)=O)C1O. The minimum atomic E-state index is -0.940. The monoisotopic (exact) mass is 245 g/mol. The van der Waals surface area contributed by atoms with E-state index in [1.165, 1.54) is 6.92 Å². The second-order valence-corrected chi connectivity index (χ2v) is 4.99. The van der Waals surface area contributed by atoms with Crippen LogP contribution < -0.4 is 5.32 Å². The maximum Gasteiger partial charge on any atom is 0.233 e. The highest BCUT2D eigenvalue weighted by Gasteiger charge is 2.45. The summed E-state index contributed by atoms with van der Waals surface area (Å²) >= 11 is 4.38. The average molecular weight is 245 g/mol. The lowest BCUT2D eigenvalue weighted by molar-refractivity contribution is -0.132. The summed E-state index contributed by atoms with van der Waals surface area (Å²) in [6, 6.07) is -0.406. The van der Waals surface area contributed by atoms with Crippen LogP contribution in [0.3, 0.4) is 0 Å². The smallest absolute Gasteiger partial charge is 0.233 e. The van der Waals surface area contributed by atoms with Crippen LogP contribution in [-0.4, -0.2) is 34.2 Å². The molecule has 1 rings (SSSR count). The molecule has 0 bridgehead atoms. The molecule has 0 aromatic carbocycles. The molecule has 1 fully saturated rings. The molecule has 5 heteroatoms. The standard InChI is InChI=1S/C11H19NO3S/c1-3-4-5-7(16)9-10(14)8(6(2)13)11(15)12-9/h7-10,14,16H,3-5H2,1-2H3,(H,12,15). The molecule has 0 saturated carbocycles. The van der Waals surface area contributed by atoms with E-state index >= 15 is 0 Å². The van der Waals surface area contributed by atoms with Gasteiger partial charge in [-0.3, -0.25) is 9.59 Å². The molecule has 1 amide bonds. The predicted molar refractivity (Wildman–Crippen MR) is 64.4 cm³/mol. The average Bonchev–Trinajstić information content (AvgIpc) is 2.50. The molecule has 1 saturated heterocycles. The molecule has 0 aromatic heterocycles. The van der Waals surface area contributed by atoms with Crippen LogP contribution in [0.4, 0.5) is 0 Å². The minimum Gasteiger partial charge on any atom is -0.390 e. The fraction of sp³-hybridized carbons (Fsp3) is 0.818. The Bertz CT molecular complexity index is 282. The molecule has 0 spiro atoms.